The fourth-order valence-corrected chi connectivity index (χ4v) is 1.44. The molecule has 0 fully saturated rings. The Morgan fingerprint density at radius 1 is 0.955 bits per heavy atom. The van der Waals surface area contributed by atoms with Crippen LogP contribution >= 0.6 is 0 Å². The molecule has 0 N–H and O–H groups in total. The van der Waals surface area contributed by atoms with E-state index in [1.807, 2.05) is 32.9 Å². The summed E-state index contributed by atoms with van der Waals surface area (Å²) in [7, 11) is 0. The molecule has 22 heavy (non-hydrogen) atoms. The quantitative estimate of drug-likeness (QED) is 0.519. The summed E-state index contributed by atoms with van der Waals surface area (Å²) >= 11 is 0. The van der Waals surface area contributed by atoms with E-state index in [1.165, 1.54) is 17.5 Å². The lowest BCUT2D eigenvalue weighted by molar-refractivity contribution is 0.135. The maximum Gasteiger partial charge on any atom is 0.0463 e. The molecule has 1 aromatic carbocycles. The van der Waals surface area contributed by atoms with Gasteiger partial charge in [-0.1, -0.05) is 84.4 Å². The van der Waals surface area contributed by atoms with Crippen LogP contribution in [0.2, 0.25) is 0 Å². The van der Waals surface area contributed by atoms with Gasteiger partial charge in [-0.05, 0) is 37.8 Å². The highest BCUT2D eigenvalue weighted by Crippen LogP contribution is 2.14. The molecule has 0 radical (unpaired) electrons. The molecule has 0 atom stereocenters. The van der Waals surface area contributed by atoms with Crippen LogP contribution in [0, 0.1) is 6.92 Å². The van der Waals surface area contributed by atoms with Gasteiger partial charge in [-0.15, -0.1) is 0 Å². The number of aryl methyl sites for hydroxylation is 1. The van der Waals surface area contributed by atoms with E-state index in [4.69, 9.17) is 4.74 Å². The van der Waals surface area contributed by atoms with Crippen molar-refractivity contribution in [3.8, 4) is 0 Å². The summed E-state index contributed by atoms with van der Waals surface area (Å²) in [6.45, 7) is 22.4. The third-order valence-electron chi connectivity index (χ3n) is 2.30. The molecule has 1 rings (SSSR count). The monoisotopic (exact) mass is 308 g/mol. The molecule has 0 spiro atoms. The summed E-state index contributed by atoms with van der Waals surface area (Å²) in [5.41, 5.74) is 3.70. The van der Waals surface area contributed by atoms with Crippen molar-refractivity contribution in [2.24, 2.45) is 0 Å². The first-order valence-corrected chi connectivity index (χ1v) is 8.84. The highest BCUT2D eigenvalue weighted by Gasteiger charge is 1.94. The average molecular weight is 309 g/mol. The molecule has 0 amide bonds. The minimum Gasteiger partial charge on any atom is -0.381 e. The van der Waals surface area contributed by atoms with E-state index < -0.39 is 0 Å². The molecule has 1 aromatic rings. The summed E-state index contributed by atoms with van der Waals surface area (Å²) in [6.07, 6.45) is 3.53. The molecule has 0 bridgehead atoms. The number of rotatable bonds is 5. The van der Waals surface area contributed by atoms with Gasteiger partial charge in [0.2, 0.25) is 0 Å². The van der Waals surface area contributed by atoms with Crippen molar-refractivity contribution in [3.05, 3.63) is 42.0 Å². The Balaban J connectivity index is -0.000000264. The Kier molecular flexibility index (Phi) is 26.1. The molecule has 0 saturated heterocycles. The van der Waals surface area contributed by atoms with Crippen molar-refractivity contribution in [2.45, 2.75) is 74.7 Å². The fourth-order valence-electron chi connectivity index (χ4n) is 1.44. The molecule has 1 nitrogen and oxygen atoms in total. The van der Waals surface area contributed by atoms with Crippen LogP contribution in [0.25, 0.3) is 5.57 Å². The summed E-state index contributed by atoms with van der Waals surface area (Å²) in [5.74, 6) is 0. The zero-order chi connectivity index (χ0) is 17.8. The third-order valence-corrected chi connectivity index (χ3v) is 2.30. The zero-order valence-electron chi connectivity index (χ0n) is 16.5. The van der Waals surface area contributed by atoms with Gasteiger partial charge in [0.15, 0.2) is 0 Å². The number of benzene rings is 1. The van der Waals surface area contributed by atoms with E-state index in [-0.39, 0.29) is 0 Å². The van der Waals surface area contributed by atoms with E-state index in [2.05, 4.69) is 53.3 Å². The molecule has 1 heteroatoms. The molecule has 130 valence electrons. The van der Waals surface area contributed by atoms with Gasteiger partial charge in [0.25, 0.3) is 0 Å². The fraction of sp³-hybridized carbons (Fsp3) is 0.619. The lowest BCUT2D eigenvalue weighted by atomic mass is 10.0. The summed E-state index contributed by atoms with van der Waals surface area (Å²) in [4.78, 5) is 0. The maximum absolute atomic E-state index is 5.13. The van der Waals surface area contributed by atoms with Crippen LogP contribution in [0.4, 0.5) is 0 Å². The first kappa shape index (κ1) is 25.9. The Labute approximate surface area is 140 Å². The van der Waals surface area contributed by atoms with Crippen molar-refractivity contribution in [1.29, 1.82) is 0 Å². The first-order chi connectivity index (χ1) is 10.5. The molecular formula is C21H40O. The lowest BCUT2D eigenvalue weighted by Gasteiger charge is -2.02. The van der Waals surface area contributed by atoms with Gasteiger partial charge in [0.05, 0.1) is 0 Å². The second-order valence-corrected chi connectivity index (χ2v) is 4.91. The topological polar surface area (TPSA) is 9.23 Å². The highest BCUT2D eigenvalue weighted by molar-refractivity contribution is 5.63. The van der Waals surface area contributed by atoms with Gasteiger partial charge in [0.1, 0.15) is 0 Å². The summed E-state index contributed by atoms with van der Waals surface area (Å²) in [6, 6.07) is 8.28. The first-order valence-electron chi connectivity index (χ1n) is 8.84. The minimum absolute atomic E-state index is 0.924. The van der Waals surface area contributed by atoms with Gasteiger partial charge in [-0.25, -0.2) is 0 Å². The van der Waals surface area contributed by atoms with E-state index >= 15 is 0 Å². The van der Waals surface area contributed by atoms with Crippen LogP contribution in [-0.2, 0) is 4.74 Å². The van der Waals surface area contributed by atoms with Gasteiger partial charge in [-0.3, -0.25) is 0 Å². The van der Waals surface area contributed by atoms with E-state index in [0.29, 0.717) is 0 Å². The van der Waals surface area contributed by atoms with Crippen LogP contribution < -0.4 is 0 Å². The Bertz CT molecular complexity index is 324. The summed E-state index contributed by atoms with van der Waals surface area (Å²) < 4.78 is 5.13. The predicted octanol–water partition coefficient (Wildman–Crippen LogP) is 7.29. The molecule has 0 aliphatic carbocycles. The Hall–Kier alpha value is -1.08. The molecule has 0 aromatic heterocycles. The second-order valence-electron chi connectivity index (χ2n) is 4.91. The predicted molar refractivity (Wildman–Crippen MR) is 105 cm³/mol. The normalized spacial score (nSPS) is 8.36. The van der Waals surface area contributed by atoms with E-state index in [1.54, 1.807) is 0 Å². The number of hydrogen-bond donors (Lipinski definition) is 0. The van der Waals surface area contributed by atoms with Crippen molar-refractivity contribution in [1.82, 2.24) is 0 Å². The molecular weight excluding hydrogens is 268 g/mol. The van der Waals surface area contributed by atoms with E-state index in [0.717, 1.165) is 31.6 Å². The molecule has 0 heterocycles. The molecule has 0 aliphatic rings. The molecule has 0 aliphatic heterocycles. The van der Waals surface area contributed by atoms with Crippen molar-refractivity contribution in [2.75, 3.05) is 13.2 Å². The van der Waals surface area contributed by atoms with Crippen molar-refractivity contribution < 1.29 is 4.74 Å². The third kappa shape index (κ3) is 18.9. The van der Waals surface area contributed by atoms with Crippen molar-refractivity contribution in [3.63, 3.8) is 0 Å². The van der Waals surface area contributed by atoms with Gasteiger partial charge < -0.3 is 4.74 Å². The van der Waals surface area contributed by atoms with Gasteiger partial charge in [0, 0.05) is 13.2 Å². The van der Waals surface area contributed by atoms with Crippen molar-refractivity contribution >= 4 is 5.57 Å². The highest BCUT2D eigenvalue weighted by atomic mass is 16.5. The molecule has 0 saturated carbocycles. The largest absolute Gasteiger partial charge is 0.381 e. The Morgan fingerprint density at radius 2 is 1.36 bits per heavy atom. The van der Waals surface area contributed by atoms with Crippen LogP contribution in [0.15, 0.2) is 30.8 Å². The summed E-state index contributed by atoms with van der Waals surface area (Å²) in [5, 5.41) is 0. The smallest absolute Gasteiger partial charge is 0.0463 e. The van der Waals surface area contributed by atoms with Crippen LogP contribution in [-0.4, -0.2) is 13.2 Å². The van der Waals surface area contributed by atoms with E-state index in [9.17, 15) is 0 Å². The number of hydrogen-bond acceptors (Lipinski definition) is 1. The van der Waals surface area contributed by atoms with Crippen LogP contribution in [0.5, 0.6) is 0 Å². The minimum atomic E-state index is 0.924. The SMILES string of the molecule is C=C(C)c1ccccc1C.CC.CCC.CCCOCCC. The average Bonchev–Trinajstić information content (AvgIpc) is 2.51. The molecule has 0 unspecified atom stereocenters. The van der Waals surface area contributed by atoms with Gasteiger partial charge in [-0.2, -0.15) is 0 Å². The number of ether oxygens (including phenoxy) is 1. The second kappa shape index (κ2) is 22.2. The maximum atomic E-state index is 5.13. The zero-order valence-corrected chi connectivity index (χ0v) is 16.5. The lowest BCUT2D eigenvalue weighted by Crippen LogP contribution is -1.92. The number of allylic oxidation sites excluding steroid dienone is 1. The van der Waals surface area contributed by atoms with Gasteiger partial charge >= 0.3 is 0 Å². The van der Waals surface area contributed by atoms with Crippen LogP contribution in [0.1, 0.15) is 78.9 Å². The van der Waals surface area contributed by atoms with Crippen LogP contribution in [0.3, 0.4) is 0 Å². The standard InChI is InChI=1S/C10H12.C6H14O.C3H8.C2H6/c1-8(2)10-7-5-4-6-9(10)3;1-3-5-7-6-4-2;1-3-2;1-2/h4-7H,1H2,2-3H3;3-6H2,1-2H3;3H2,1-2H3;1-2H3. The Morgan fingerprint density at radius 3 is 1.64 bits per heavy atom.